The Morgan fingerprint density at radius 1 is 0.727 bits per heavy atom. The predicted molar refractivity (Wildman–Crippen MR) is 84.5 cm³/mol. The van der Waals surface area contributed by atoms with Crippen molar-refractivity contribution >= 4 is 0 Å². The molecule has 22 heavy (non-hydrogen) atoms. The molecular formula is C16H34O6. The average Bonchev–Trinajstić information content (AvgIpc) is 2.54. The monoisotopic (exact) mass is 322 g/mol. The normalized spacial score (nSPS) is 17.2. The van der Waals surface area contributed by atoms with E-state index in [1.54, 1.807) is 0 Å². The second-order valence-corrected chi connectivity index (χ2v) is 5.85. The molecule has 0 amide bonds. The highest BCUT2D eigenvalue weighted by Crippen LogP contribution is 2.09. The minimum Gasteiger partial charge on any atom is -0.394 e. The lowest BCUT2D eigenvalue weighted by Crippen LogP contribution is -2.47. The first-order valence-electron chi connectivity index (χ1n) is 8.45. The van der Waals surface area contributed by atoms with Crippen molar-refractivity contribution in [1.29, 1.82) is 0 Å². The number of aliphatic hydroxyl groups is 5. The largest absolute Gasteiger partial charge is 0.394 e. The molecule has 0 unspecified atom stereocenters. The van der Waals surface area contributed by atoms with Gasteiger partial charge in [0.05, 0.1) is 13.2 Å². The highest BCUT2D eigenvalue weighted by molar-refractivity contribution is 4.80. The minimum absolute atomic E-state index is 0.104. The van der Waals surface area contributed by atoms with Gasteiger partial charge in [-0.15, -0.1) is 0 Å². The van der Waals surface area contributed by atoms with Crippen molar-refractivity contribution in [2.45, 2.75) is 82.7 Å². The summed E-state index contributed by atoms with van der Waals surface area (Å²) in [6.07, 6.45) is 3.66. The van der Waals surface area contributed by atoms with Crippen LogP contribution in [0, 0.1) is 0 Å². The average molecular weight is 322 g/mol. The third-order valence-electron chi connectivity index (χ3n) is 3.76. The second-order valence-electron chi connectivity index (χ2n) is 5.85. The maximum Gasteiger partial charge on any atom is 0.111 e. The Bertz CT molecular complexity index is 239. The molecule has 0 spiro atoms. The van der Waals surface area contributed by atoms with E-state index in [2.05, 4.69) is 6.92 Å². The van der Waals surface area contributed by atoms with Crippen LogP contribution in [0.3, 0.4) is 0 Å². The van der Waals surface area contributed by atoms with Crippen LogP contribution in [0.25, 0.3) is 0 Å². The van der Waals surface area contributed by atoms with Gasteiger partial charge in [-0.05, 0) is 6.42 Å². The lowest BCUT2D eigenvalue weighted by Gasteiger charge is -2.25. The zero-order valence-electron chi connectivity index (χ0n) is 13.7. The lowest BCUT2D eigenvalue weighted by molar-refractivity contribution is -0.129. The molecule has 4 atom stereocenters. The van der Waals surface area contributed by atoms with E-state index in [1.165, 1.54) is 38.5 Å². The molecule has 0 aliphatic carbocycles. The Kier molecular flexibility index (Phi) is 14.2. The number of ether oxygens (including phenoxy) is 1. The molecule has 0 fully saturated rings. The standard InChI is InChI=1S/C16H34O6/c1-2-3-4-5-6-7-8-9-10-22-12-14(19)16(21)15(20)13(18)11-17/h13-21H,2-12H2,1H3/t13-,14+,15-,16-/m1/s1. The van der Waals surface area contributed by atoms with Crippen molar-refractivity contribution in [1.82, 2.24) is 0 Å². The molecule has 0 aliphatic heterocycles. The van der Waals surface area contributed by atoms with Gasteiger partial charge in [0.15, 0.2) is 0 Å². The summed E-state index contributed by atoms with van der Waals surface area (Å²) in [4.78, 5) is 0. The smallest absolute Gasteiger partial charge is 0.111 e. The summed E-state index contributed by atoms with van der Waals surface area (Å²) in [5.41, 5.74) is 0. The van der Waals surface area contributed by atoms with Crippen LogP contribution in [-0.4, -0.2) is 69.8 Å². The zero-order valence-corrected chi connectivity index (χ0v) is 13.7. The van der Waals surface area contributed by atoms with Crippen LogP contribution >= 0.6 is 0 Å². The Morgan fingerprint density at radius 2 is 1.23 bits per heavy atom. The van der Waals surface area contributed by atoms with Gasteiger partial charge < -0.3 is 30.3 Å². The number of rotatable bonds is 15. The first kappa shape index (κ1) is 21.8. The van der Waals surface area contributed by atoms with Gasteiger partial charge >= 0.3 is 0 Å². The molecule has 0 aliphatic rings. The molecule has 0 saturated heterocycles. The van der Waals surface area contributed by atoms with Gasteiger partial charge in [0.25, 0.3) is 0 Å². The third kappa shape index (κ3) is 10.5. The Morgan fingerprint density at radius 3 is 1.77 bits per heavy atom. The first-order chi connectivity index (χ1) is 10.5. The molecular weight excluding hydrogens is 288 g/mol. The van der Waals surface area contributed by atoms with Crippen LogP contribution in [0.2, 0.25) is 0 Å². The number of unbranched alkanes of at least 4 members (excludes halogenated alkanes) is 7. The van der Waals surface area contributed by atoms with E-state index in [1.807, 2.05) is 0 Å². The molecule has 5 N–H and O–H groups in total. The molecule has 0 saturated carbocycles. The number of aliphatic hydroxyl groups excluding tert-OH is 5. The van der Waals surface area contributed by atoms with E-state index in [-0.39, 0.29) is 6.61 Å². The highest BCUT2D eigenvalue weighted by atomic mass is 16.5. The summed E-state index contributed by atoms with van der Waals surface area (Å²) >= 11 is 0. The maximum atomic E-state index is 9.63. The lowest BCUT2D eigenvalue weighted by atomic mass is 10.0. The third-order valence-corrected chi connectivity index (χ3v) is 3.76. The van der Waals surface area contributed by atoms with Crippen molar-refractivity contribution in [3.8, 4) is 0 Å². The van der Waals surface area contributed by atoms with E-state index in [0.29, 0.717) is 6.61 Å². The van der Waals surface area contributed by atoms with Gasteiger partial charge in [-0.25, -0.2) is 0 Å². The van der Waals surface area contributed by atoms with Crippen molar-refractivity contribution in [2.75, 3.05) is 19.8 Å². The van der Waals surface area contributed by atoms with Crippen LogP contribution in [0.5, 0.6) is 0 Å². The van der Waals surface area contributed by atoms with E-state index < -0.39 is 31.0 Å². The summed E-state index contributed by atoms with van der Waals surface area (Å²) in [5, 5.41) is 46.5. The van der Waals surface area contributed by atoms with Gasteiger partial charge in [-0.1, -0.05) is 51.9 Å². The molecule has 134 valence electrons. The van der Waals surface area contributed by atoms with Gasteiger partial charge in [-0.2, -0.15) is 0 Å². The summed E-state index contributed by atoms with van der Waals surface area (Å²) in [7, 11) is 0. The van der Waals surface area contributed by atoms with Crippen LogP contribution in [0.15, 0.2) is 0 Å². The van der Waals surface area contributed by atoms with Crippen molar-refractivity contribution < 1.29 is 30.3 Å². The summed E-state index contributed by atoms with van der Waals surface area (Å²) in [6.45, 7) is 1.92. The number of hydrogen-bond acceptors (Lipinski definition) is 6. The van der Waals surface area contributed by atoms with E-state index in [0.717, 1.165) is 12.8 Å². The Hall–Kier alpha value is -0.240. The van der Waals surface area contributed by atoms with Gasteiger partial charge in [0.2, 0.25) is 0 Å². The molecule has 0 aromatic heterocycles. The quantitative estimate of drug-likeness (QED) is 0.282. The van der Waals surface area contributed by atoms with Crippen molar-refractivity contribution in [3.63, 3.8) is 0 Å². The molecule has 0 aromatic carbocycles. The molecule has 6 heteroatoms. The van der Waals surface area contributed by atoms with Crippen molar-refractivity contribution in [2.24, 2.45) is 0 Å². The fourth-order valence-corrected chi connectivity index (χ4v) is 2.20. The topological polar surface area (TPSA) is 110 Å². The van der Waals surface area contributed by atoms with Gasteiger partial charge in [-0.3, -0.25) is 0 Å². The molecule has 6 nitrogen and oxygen atoms in total. The molecule has 0 radical (unpaired) electrons. The SMILES string of the molecule is CCCCCCCCCCOC[C@H](O)[C@@H](O)[C@H](O)[C@H](O)CO. The van der Waals surface area contributed by atoms with Crippen LogP contribution in [0.4, 0.5) is 0 Å². The minimum atomic E-state index is -1.59. The predicted octanol–water partition coefficient (Wildman–Crippen LogP) is 0.580. The Labute approximate surface area is 133 Å². The van der Waals surface area contributed by atoms with Crippen molar-refractivity contribution in [3.05, 3.63) is 0 Å². The maximum absolute atomic E-state index is 9.63. The van der Waals surface area contributed by atoms with Gasteiger partial charge in [0, 0.05) is 6.61 Å². The zero-order chi connectivity index (χ0) is 16.8. The molecule has 0 rings (SSSR count). The van der Waals surface area contributed by atoms with E-state index >= 15 is 0 Å². The summed E-state index contributed by atoms with van der Waals surface area (Å²) in [5.74, 6) is 0. The summed E-state index contributed by atoms with van der Waals surface area (Å²) in [6, 6.07) is 0. The van der Waals surface area contributed by atoms with E-state index in [4.69, 9.17) is 9.84 Å². The van der Waals surface area contributed by atoms with Gasteiger partial charge in [0.1, 0.15) is 24.4 Å². The number of hydrogen-bond donors (Lipinski definition) is 5. The molecule has 0 aromatic rings. The second kappa shape index (κ2) is 14.4. The first-order valence-corrected chi connectivity index (χ1v) is 8.45. The van der Waals surface area contributed by atoms with E-state index in [9.17, 15) is 20.4 Å². The van der Waals surface area contributed by atoms with Crippen LogP contribution < -0.4 is 0 Å². The fourth-order valence-electron chi connectivity index (χ4n) is 2.20. The fraction of sp³-hybridized carbons (Fsp3) is 1.00. The Balaban J connectivity index is 3.50. The molecule has 0 bridgehead atoms. The van der Waals surface area contributed by atoms with Crippen LogP contribution in [-0.2, 0) is 4.74 Å². The highest BCUT2D eigenvalue weighted by Gasteiger charge is 2.29. The molecule has 0 heterocycles. The summed E-state index contributed by atoms with van der Waals surface area (Å²) < 4.78 is 5.26. The van der Waals surface area contributed by atoms with Crippen LogP contribution in [0.1, 0.15) is 58.3 Å².